The number of carbonyl (C=O) groups excluding carboxylic acids is 1. The highest BCUT2D eigenvalue weighted by atomic mass is 31.2. The van der Waals surface area contributed by atoms with Crippen LogP contribution in [0, 0.1) is 0 Å². The van der Waals surface area contributed by atoms with Gasteiger partial charge in [0.25, 0.3) is 7.82 Å². The molecule has 0 radical (unpaired) electrons. The van der Waals surface area contributed by atoms with Crippen LogP contribution < -0.4 is 4.89 Å². The van der Waals surface area contributed by atoms with E-state index in [-0.39, 0.29) is 25.8 Å². The van der Waals surface area contributed by atoms with Crippen LogP contribution in [-0.4, -0.2) is 70.7 Å². The highest BCUT2D eigenvalue weighted by molar-refractivity contribution is 7.45. The minimum Gasteiger partial charge on any atom is -0.756 e. The van der Waals surface area contributed by atoms with Crippen molar-refractivity contribution in [3.63, 3.8) is 0 Å². The summed E-state index contributed by atoms with van der Waals surface area (Å²) in [4.78, 5) is 24.8. The second-order valence-electron chi connectivity index (χ2n) is 15.4. The van der Waals surface area contributed by atoms with Gasteiger partial charge >= 0.3 is 5.97 Å². The Morgan fingerprint density at radius 2 is 0.939 bits per heavy atom. The van der Waals surface area contributed by atoms with E-state index in [1.807, 2.05) is 21.1 Å². The summed E-state index contributed by atoms with van der Waals surface area (Å²) in [6.07, 6.45) is 34.1. The molecule has 0 aromatic carbocycles. The number of likely N-dealkylation sites (N-methyl/N-ethyl adjacent to an activating group) is 1. The van der Waals surface area contributed by atoms with Crippen molar-refractivity contribution in [1.29, 1.82) is 0 Å². The van der Waals surface area contributed by atoms with Crippen molar-refractivity contribution >= 4 is 13.8 Å². The second-order valence-corrected chi connectivity index (χ2v) is 16.8. The molecule has 0 fully saturated rings. The van der Waals surface area contributed by atoms with Crippen molar-refractivity contribution in [2.24, 2.45) is 0 Å². The summed E-state index contributed by atoms with van der Waals surface area (Å²) >= 11 is 0. The van der Waals surface area contributed by atoms with Gasteiger partial charge in [-0.3, -0.25) is 9.36 Å². The zero-order valence-corrected chi connectivity index (χ0v) is 34.1. The summed E-state index contributed by atoms with van der Waals surface area (Å²) in [7, 11) is 1.37. The fourth-order valence-electron chi connectivity index (χ4n) is 5.90. The number of hydrogen-bond donors (Lipinski definition) is 0. The van der Waals surface area contributed by atoms with Gasteiger partial charge in [0.2, 0.25) is 0 Å². The Kier molecular flexibility index (Phi) is 34.2. The Hall–Kier alpha value is -0.500. The van der Waals surface area contributed by atoms with Crippen LogP contribution in [0.4, 0.5) is 0 Å². The molecule has 0 saturated carbocycles. The first-order valence-corrected chi connectivity index (χ1v) is 22.2. The zero-order chi connectivity index (χ0) is 36.3. The van der Waals surface area contributed by atoms with Gasteiger partial charge in [-0.05, 0) is 12.8 Å². The van der Waals surface area contributed by atoms with Gasteiger partial charge in [0.05, 0.1) is 34.4 Å². The van der Waals surface area contributed by atoms with Crippen molar-refractivity contribution in [1.82, 2.24) is 0 Å². The van der Waals surface area contributed by atoms with Crippen molar-refractivity contribution in [3.8, 4) is 0 Å². The molecule has 0 aliphatic carbocycles. The predicted molar refractivity (Wildman–Crippen MR) is 204 cm³/mol. The van der Waals surface area contributed by atoms with Crippen LogP contribution in [-0.2, 0) is 27.9 Å². The fraction of sp³-hybridized carbons (Fsp3) is 0.975. The zero-order valence-electron chi connectivity index (χ0n) is 33.2. The number of rotatable bonds is 39. The van der Waals surface area contributed by atoms with Gasteiger partial charge in [0, 0.05) is 13.0 Å². The average Bonchev–Trinajstić information content (AvgIpc) is 3.04. The number of esters is 1. The molecule has 0 heterocycles. The Balaban J connectivity index is 4.08. The maximum atomic E-state index is 12.5. The maximum absolute atomic E-state index is 12.5. The molecular weight excluding hydrogens is 637 g/mol. The molecule has 0 aromatic heterocycles. The lowest BCUT2D eigenvalue weighted by Gasteiger charge is -2.28. The molecule has 2 unspecified atom stereocenters. The van der Waals surface area contributed by atoms with Crippen LogP contribution in [0.2, 0.25) is 0 Å². The summed E-state index contributed by atoms with van der Waals surface area (Å²) in [5.74, 6) is -0.335. The summed E-state index contributed by atoms with van der Waals surface area (Å²) in [5.41, 5.74) is 0. The number of phosphoric ester groups is 1. The van der Waals surface area contributed by atoms with Crippen LogP contribution in [0.5, 0.6) is 0 Å². The third-order valence-corrected chi connectivity index (χ3v) is 10.1. The van der Waals surface area contributed by atoms with E-state index < -0.39 is 13.9 Å². The lowest BCUT2D eigenvalue weighted by atomic mass is 10.0. The first-order valence-electron chi connectivity index (χ1n) is 20.8. The summed E-state index contributed by atoms with van der Waals surface area (Å²) < 4.78 is 34.4. The highest BCUT2D eigenvalue weighted by Gasteiger charge is 2.20. The Bertz CT molecular complexity index is 761. The van der Waals surface area contributed by atoms with Gasteiger partial charge in [0.15, 0.2) is 0 Å². The molecular formula is C40H82NO7P. The number of hydrogen-bond acceptors (Lipinski definition) is 7. The highest BCUT2D eigenvalue weighted by Crippen LogP contribution is 2.38. The van der Waals surface area contributed by atoms with Gasteiger partial charge in [-0.25, -0.2) is 0 Å². The quantitative estimate of drug-likeness (QED) is 0.0270. The molecule has 2 atom stereocenters. The lowest BCUT2D eigenvalue weighted by molar-refractivity contribution is -0.870. The summed E-state index contributed by atoms with van der Waals surface area (Å²) in [6.45, 7) is 5.42. The van der Waals surface area contributed by atoms with Gasteiger partial charge in [-0.1, -0.05) is 174 Å². The van der Waals surface area contributed by atoms with E-state index in [1.165, 1.54) is 141 Å². The SMILES string of the molecule is CCCCCCCCCCCCCCCCCCCCCOCC(COP(=O)([O-])OCC[N+](C)(C)C)OC(=O)CCCCCCCCCC. The molecule has 0 amide bonds. The third-order valence-electron chi connectivity index (χ3n) is 9.16. The monoisotopic (exact) mass is 720 g/mol. The predicted octanol–water partition coefficient (Wildman–Crippen LogP) is 11.1. The molecule has 0 bridgehead atoms. The van der Waals surface area contributed by atoms with Gasteiger partial charge in [-0.2, -0.15) is 0 Å². The molecule has 0 N–H and O–H groups in total. The van der Waals surface area contributed by atoms with E-state index in [4.69, 9.17) is 18.5 Å². The largest absolute Gasteiger partial charge is 0.756 e. The van der Waals surface area contributed by atoms with Crippen molar-refractivity contribution in [2.45, 2.75) is 200 Å². The lowest BCUT2D eigenvalue weighted by Crippen LogP contribution is -2.37. The van der Waals surface area contributed by atoms with Gasteiger partial charge in [-0.15, -0.1) is 0 Å². The standard InChI is InChI=1S/C40H82NO7P/c1-6-8-10-12-14-16-17-18-19-20-21-22-23-24-25-26-28-30-32-35-45-37-39(38-47-49(43,44)46-36-34-41(3,4)5)48-40(42)33-31-29-27-15-13-11-9-7-2/h39H,6-38H2,1-5H3. The first-order chi connectivity index (χ1) is 23.6. The molecule has 0 rings (SSSR count). The first kappa shape index (κ1) is 48.5. The normalized spacial score (nSPS) is 13.8. The number of nitrogens with zero attached hydrogens (tertiary/aromatic N) is 1. The third kappa shape index (κ3) is 38.6. The average molecular weight is 720 g/mol. The molecule has 0 aliphatic rings. The molecule has 49 heavy (non-hydrogen) atoms. The Labute approximate surface area is 304 Å². The van der Waals surface area contributed by atoms with E-state index in [0.29, 0.717) is 24.1 Å². The van der Waals surface area contributed by atoms with E-state index in [0.717, 1.165) is 32.1 Å². The molecule has 8 nitrogen and oxygen atoms in total. The van der Waals surface area contributed by atoms with E-state index >= 15 is 0 Å². The van der Waals surface area contributed by atoms with Crippen LogP contribution in [0.1, 0.15) is 194 Å². The van der Waals surface area contributed by atoms with E-state index in [2.05, 4.69) is 13.8 Å². The Morgan fingerprint density at radius 3 is 1.35 bits per heavy atom. The van der Waals surface area contributed by atoms with Gasteiger partial charge in [0.1, 0.15) is 19.3 Å². The second kappa shape index (κ2) is 34.6. The van der Waals surface area contributed by atoms with E-state index in [1.54, 1.807) is 0 Å². The van der Waals surface area contributed by atoms with Crippen LogP contribution in [0.15, 0.2) is 0 Å². The molecule has 0 aromatic rings. The van der Waals surface area contributed by atoms with Crippen LogP contribution in [0.3, 0.4) is 0 Å². The minimum absolute atomic E-state index is 0.0308. The summed E-state index contributed by atoms with van der Waals surface area (Å²) in [5, 5.41) is 0. The van der Waals surface area contributed by atoms with Crippen LogP contribution in [0.25, 0.3) is 0 Å². The Morgan fingerprint density at radius 1 is 0.551 bits per heavy atom. The fourth-order valence-corrected chi connectivity index (χ4v) is 6.63. The topological polar surface area (TPSA) is 94.1 Å². The van der Waals surface area contributed by atoms with E-state index in [9.17, 15) is 14.3 Å². The number of quaternary nitrogens is 1. The maximum Gasteiger partial charge on any atom is 0.306 e. The summed E-state index contributed by atoms with van der Waals surface area (Å²) in [6, 6.07) is 0. The number of ether oxygens (including phenoxy) is 2. The molecule has 0 spiro atoms. The molecule has 0 saturated heterocycles. The molecule has 9 heteroatoms. The van der Waals surface area contributed by atoms with Crippen molar-refractivity contribution in [3.05, 3.63) is 0 Å². The van der Waals surface area contributed by atoms with Crippen molar-refractivity contribution in [2.75, 3.05) is 54.1 Å². The number of phosphoric acid groups is 1. The van der Waals surface area contributed by atoms with Gasteiger partial charge < -0.3 is 27.9 Å². The number of carbonyl (C=O) groups is 1. The minimum atomic E-state index is -4.51. The molecule has 294 valence electrons. The molecule has 0 aliphatic heterocycles. The smallest absolute Gasteiger partial charge is 0.306 e. The van der Waals surface area contributed by atoms with Crippen LogP contribution >= 0.6 is 7.82 Å². The van der Waals surface area contributed by atoms with Crippen molar-refractivity contribution < 1.29 is 37.3 Å². The number of unbranched alkanes of at least 4 members (excludes halogenated alkanes) is 25.